The third kappa shape index (κ3) is 8.10. The molecule has 0 radical (unpaired) electrons. The maximum atomic E-state index is 13.8. The minimum Gasteiger partial charge on any atom is -0.470 e. The summed E-state index contributed by atoms with van der Waals surface area (Å²) in [6, 6.07) is 9.21. The molecular formula is C32H36F3N9O4. The summed E-state index contributed by atoms with van der Waals surface area (Å²) < 4.78 is 56.6. The van der Waals surface area contributed by atoms with Crippen LogP contribution in [0.15, 0.2) is 71.6 Å². The molecular weight excluding hydrogens is 631 g/mol. The van der Waals surface area contributed by atoms with E-state index in [9.17, 15) is 18.0 Å². The fourth-order valence-electron chi connectivity index (χ4n) is 5.64. The lowest BCUT2D eigenvalue weighted by atomic mass is 10.1. The van der Waals surface area contributed by atoms with Crippen molar-refractivity contribution in [2.24, 2.45) is 4.99 Å². The van der Waals surface area contributed by atoms with Crippen LogP contribution in [0.4, 0.5) is 23.8 Å². The Morgan fingerprint density at radius 1 is 1.02 bits per heavy atom. The molecule has 3 aliphatic rings. The van der Waals surface area contributed by atoms with Crippen molar-refractivity contribution >= 4 is 17.8 Å². The van der Waals surface area contributed by atoms with Gasteiger partial charge in [0.15, 0.2) is 11.8 Å². The van der Waals surface area contributed by atoms with E-state index in [1.54, 1.807) is 29.7 Å². The topological polar surface area (TPSA) is 148 Å². The molecule has 2 fully saturated rings. The van der Waals surface area contributed by atoms with E-state index in [-0.39, 0.29) is 49.2 Å². The van der Waals surface area contributed by atoms with E-state index in [1.807, 2.05) is 30.3 Å². The second-order valence-corrected chi connectivity index (χ2v) is 11.6. The van der Waals surface area contributed by atoms with Crippen molar-refractivity contribution in [1.82, 2.24) is 35.9 Å². The number of carbonyl (C=O) groups excluding carboxylic acids is 1. The van der Waals surface area contributed by atoms with Crippen molar-refractivity contribution in [3.63, 3.8) is 0 Å². The van der Waals surface area contributed by atoms with Gasteiger partial charge in [0.25, 0.3) is 0 Å². The number of anilines is 1. The zero-order valence-electron chi connectivity index (χ0n) is 26.2. The van der Waals surface area contributed by atoms with E-state index in [0.29, 0.717) is 42.9 Å². The lowest BCUT2D eigenvalue weighted by Gasteiger charge is -2.32. The molecule has 1 aromatic carbocycles. The second-order valence-electron chi connectivity index (χ2n) is 11.6. The van der Waals surface area contributed by atoms with Crippen molar-refractivity contribution < 1.29 is 32.2 Å². The highest BCUT2D eigenvalue weighted by atomic mass is 19.4. The first-order chi connectivity index (χ1) is 23.3. The predicted octanol–water partition coefficient (Wildman–Crippen LogP) is 4.10. The summed E-state index contributed by atoms with van der Waals surface area (Å²) in [5.74, 6) is 0.271. The first kappa shape index (κ1) is 32.9. The molecule has 48 heavy (non-hydrogen) atoms. The summed E-state index contributed by atoms with van der Waals surface area (Å²) in [5, 5.41) is 9.02. The van der Waals surface area contributed by atoms with Crippen LogP contribution in [0.5, 0.6) is 6.01 Å². The van der Waals surface area contributed by atoms with Gasteiger partial charge in [0.2, 0.25) is 5.88 Å². The Kier molecular flexibility index (Phi) is 10.2. The number of nitrogens with one attached hydrogen (secondary N) is 3. The van der Waals surface area contributed by atoms with Crippen LogP contribution in [-0.4, -0.2) is 83.2 Å². The average Bonchev–Trinajstić information content (AvgIpc) is 3.31. The molecule has 2 aromatic heterocycles. The Labute approximate surface area is 275 Å². The number of guanidine groups is 1. The van der Waals surface area contributed by atoms with Gasteiger partial charge in [-0.05, 0) is 37.7 Å². The van der Waals surface area contributed by atoms with Crippen molar-refractivity contribution in [2.45, 2.75) is 63.0 Å². The molecule has 2 aliphatic heterocycles. The van der Waals surface area contributed by atoms with E-state index in [4.69, 9.17) is 14.2 Å². The number of carbonyl (C=O) groups is 1. The fraction of sp³-hybridized carbons (Fsp3) is 0.438. The largest absolute Gasteiger partial charge is 0.470 e. The number of nitrogens with zero attached hydrogens (tertiary/aromatic N) is 6. The van der Waals surface area contributed by atoms with Crippen molar-refractivity contribution in [1.29, 1.82) is 0 Å². The smallest absolute Gasteiger partial charge is 0.419 e. The molecule has 13 nitrogen and oxygen atoms in total. The molecule has 0 bridgehead atoms. The van der Waals surface area contributed by atoms with Crippen LogP contribution in [0.2, 0.25) is 0 Å². The number of hydrogen-bond donors (Lipinski definition) is 3. The SMILES string of the molecule is COc1ncc(-c2cnc(N(C(=O)NCc3ccccc3)[C@H]3CCCC(NC4=NCC(C(F)(F)F)=C(OC5COC5)N4)CC3)cn2)cn1. The van der Waals surface area contributed by atoms with Crippen LogP contribution >= 0.6 is 0 Å². The number of ether oxygens (including phenoxy) is 3. The van der Waals surface area contributed by atoms with Crippen molar-refractivity contribution in [2.75, 3.05) is 31.8 Å². The van der Waals surface area contributed by atoms with Gasteiger partial charge in [-0.15, -0.1) is 0 Å². The number of aromatic nitrogens is 4. The van der Waals surface area contributed by atoms with Crippen LogP contribution in [0.25, 0.3) is 11.3 Å². The summed E-state index contributed by atoms with van der Waals surface area (Å²) in [5.41, 5.74) is 1.27. The van der Waals surface area contributed by atoms with Gasteiger partial charge >= 0.3 is 18.2 Å². The second kappa shape index (κ2) is 14.8. The molecule has 0 spiro atoms. The molecule has 4 heterocycles. The maximum absolute atomic E-state index is 13.8. The number of amides is 2. The van der Waals surface area contributed by atoms with Gasteiger partial charge in [0.05, 0.1) is 45.0 Å². The molecule has 254 valence electrons. The normalized spacial score (nSPS) is 20.0. The number of alkyl halides is 3. The third-order valence-electron chi connectivity index (χ3n) is 8.28. The number of halogens is 3. The average molecular weight is 668 g/mol. The lowest BCUT2D eigenvalue weighted by molar-refractivity contribution is -0.123. The minimum absolute atomic E-state index is 0.0975. The number of benzene rings is 1. The Morgan fingerprint density at radius 3 is 2.48 bits per heavy atom. The zero-order chi connectivity index (χ0) is 33.5. The molecule has 3 aromatic rings. The number of aliphatic imine (C=N–C) groups is 1. The van der Waals surface area contributed by atoms with Crippen LogP contribution < -0.4 is 25.6 Å². The molecule has 3 N–H and O–H groups in total. The van der Waals surface area contributed by atoms with E-state index in [0.717, 1.165) is 18.4 Å². The highest BCUT2D eigenvalue weighted by molar-refractivity contribution is 5.91. The quantitative estimate of drug-likeness (QED) is 0.285. The standard InChI is InChI=1S/C32H36F3N9O4/c1-46-30-39-13-21(14-40-30)26-16-37-27(17-36-26)44(31(45)41-12-20-6-3-2-4-7-20)23-9-5-8-22(10-11-23)42-29-38-15-25(32(33,34)35)28(43-29)48-24-18-47-19-24/h2-4,6-7,13-14,16-17,22-24H,5,8-12,15,18-19H2,1H3,(H,41,45)(H2,38,42,43)/t22?,23-/m0/s1. The Bertz CT molecular complexity index is 1600. The molecule has 6 rings (SSSR count). The predicted molar refractivity (Wildman–Crippen MR) is 169 cm³/mol. The number of rotatable bonds is 9. The van der Waals surface area contributed by atoms with E-state index in [1.165, 1.54) is 7.11 Å². The van der Waals surface area contributed by atoms with E-state index < -0.39 is 24.4 Å². The summed E-state index contributed by atoms with van der Waals surface area (Å²) in [6.45, 7) is 0.249. The number of methoxy groups -OCH3 is 1. The zero-order valence-corrected chi connectivity index (χ0v) is 26.2. The molecule has 2 amide bonds. The molecule has 1 aliphatic carbocycles. The van der Waals surface area contributed by atoms with Crippen LogP contribution in [0.3, 0.4) is 0 Å². The van der Waals surface area contributed by atoms with Gasteiger partial charge in [-0.25, -0.2) is 24.7 Å². The lowest BCUT2D eigenvalue weighted by Crippen LogP contribution is -2.49. The van der Waals surface area contributed by atoms with E-state index in [2.05, 4.69) is 40.9 Å². The van der Waals surface area contributed by atoms with Crippen LogP contribution in [0.1, 0.15) is 37.7 Å². The summed E-state index contributed by atoms with van der Waals surface area (Å²) in [7, 11) is 1.48. The van der Waals surface area contributed by atoms with E-state index >= 15 is 0 Å². The van der Waals surface area contributed by atoms with Gasteiger partial charge in [0.1, 0.15) is 11.7 Å². The van der Waals surface area contributed by atoms with Crippen LogP contribution in [0, 0.1) is 0 Å². The molecule has 1 saturated heterocycles. The maximum Gasteiger partial charge on any atom is 0.419 e. The highest BCUT2D eigenvalue weighted by Crippen LogP contribution is 2.31. The third-order valence-corrected chi connectivity index (χ3v) is 8.28. The Morgan fingerprint density at radius 2 is 1.81 bits per heavy atom. The summed E-state index contributed by atoms with van der Waals surface area (Å²) in [6.07, 6.45) is 4.67. The van der Waals surface area contributed by atoms with Gasteiger partial charge in [0, 0.05) is 36.6 Å². The Hall–Kier alpha value is -4.99. The molecule has 2 atom stereocenters. The summed E-state index contributed by atoms with van der Waals surface area (Å²) >= 11 is 0. The first-order valence-corrected chi connectivity index (χ1v) is 15.7. The summed E-state index contributed by atoms with van der Waals surface area (Å²) in [4.78, 5) is 37.0. The minimum atomic E-state index is -4.58. The number of hydrogen-bond acceptors (Lipinski definition) is 11. The monoisotopic (exact) mass is 667 g/mol. The molecule has 16 heteroatoms. The van der Waals surface area contributed by atoms with Crippen LogP contribution in [-0.2, 0) is 16.0 Å². The molecule has 1 saturated carbocycles. The van der Waals surface area contributed by atoms with Gasteiger partial charge in [-0.3, -0.25) is 15.2 Å². The first-order valence-electron chi connectivity index (χ1n) is 15.7. The number of urea groups is 1. The van der Waals surface area contributed by atoms with Crippen molar-refractivity contribution in [3.05, 3.63) is 72.1 Å². The molecule has 1 unspecified atom stereocenters. The van der Waals surface area contributed by atoms with Gasteiger partial charge in [-0.1, -0.05) is 30.3 Å². The Balaban J connectivity index is 1.14. The van der Waals surface area contributed by atoms with Crippen molar-refractivity contribution in [3.8, 4) is 17.3 Å². The fourth-order valence-corrected chi connectivity index (χ4v) is 5.64. The van der Waals surface area contributed by atoms with Gasteiger partial charge < -0.3 is 24.8 Å². The highest BCUT2D eigenvalue weighted by Gasteiger charge is 2.41. The van der Waals surface area contributed by atoms with Gasteiger partial charge in [-0.2, -0.15) is 13.2 Å².